The number of non-ortho nitro benzene ring substituents is 1. The number of aryl methyl sites for hydroxylation is 1. The Morgan fingerprint density at radius 2 is 1.86 bits per heavy atom. The van der Waals surface area contributed by atoms with Gasteiger partial charge in [0.05, 0.1) is 15.9 Å². The van der Waals surface area contributed by atoms with Gasteiger partial charge in [-0.25, -0.2) is 13.1 Å². The molecule has 1 unspecified atom stereocenters. The van der Waals surface area contributed by atoms with Gasteiger partial charge < -0.3 is 9.47 Å². The summed E-state index contributed by atoms with van der Waals surface area (Å²) in [5, 5.41) is 10.9. The van der Waals surface area contributed by atoms with Crippen LogP contribution in [0.4, 0.5) is 5.69 Å². The third-order valence-corrected chi connectivity index (χ3v) is 6.53. The molecule has 28 heavy (non-hydrogen) atoms. The number of nitrogens with one attached hydrogen (secondary N) is 1. The molecule has 2 heterocycles. The fraction of sp³-hybridized carbons (Fsp3) is 0.444. The Hall–Kier alpha value is -2.27. The van der Waals surface area contributed by atoms with E-state index in [2.05, 4.69) is 21.6 Å². The normalized spacial score (nSPS) is 17.5. The molecule has 152 valence electrons. The number of nitro benzene ring substituents is 1. The molecule has 0 saturated carbocycles. The van der Waals surface area contributed by atoms with Crippen LogP contribution in [0.5, 0.6) is 0 Å². The Kier molecular flexibility index (Phi) is 6.14. The molecule has 0 amide bonds. The summed E-state index contributed by atoms with van der Waals surface area (Å²) in [5.74, 6) is 0. The molecule has 0 radical (unpaired) electrons. The van der Waals surface area contributed by atoms with Crippen LogP contribution in [0.25, 0.3) is 0 Å². The van der Waals surface area contributed by atoms with Crippen molar-refractivity contribution in [2.45, 2.75) is 10.9 Å². The Balaban J connectivity index is 1.80. The van der Waals surface area contributed by atoms with Crippen LogP contribution in [0.2, 0.25) is 0 Å². The summed E-state index contributed by atoms with van der Waals surface area (Å²) in [5.41, 5.74) is 0.771. The Bertz CT molecular complexity index is 935. The first-order chi connectivity index (χ1) is 13.3. The number of piperazine rings is 1. The highest BCUT2D eigenvalue weighted by Gasteiger charge is 2.27. The van der Waals surface area contributed by atoms with Gasteiger partial charge in [-0.05, 0) is 25.2 Å². The predicted octanol–water partition coefficient (Wildman–Crippen LogP) is 1.20. The topological polar surface area (TPSA) is 101 Å². The SMILES string of the molecule is CN1CCN(C(CNS(=O)(=O)c2cccc([N+](=O)[O-])c2)c2cccn2C)CC1. The van der Waals surface area contributed by atoms with Gasteiger partial charge >= 0.3 is 0 Å². The average molecular weight is 407 g/mol. The van der Waals surface area contributed by atoms with Gasteiger partial charge in [-0.2, -0.15) is 0 Å². The Morgan fingerprint density at radius 1 is 1.14 bits per heavy atom. The lowest BCUT2D eigenvalue weighted by Gasteiger charge is -2.38. The predicted molar refractivity (Wildman–Crippen MR) is 106 cm³/mol. The Morgan fingerprint density at radius 3 is 2.46 bits per heavy atom. The van der Waals surface area contributed by atoms with E-state index in [0.29, 0.717) is 0 Å². The standard InChI is InChI=1S/C18H25N5O4S/c1-20-9-11-22(12-10-20)18(17-7-4-8-21(17)2)14-19-28(26,27)16-6-3-5-15(13-16)23(24)25/h3-8,13,18-19H,9-12,14H2,1-2H3. The zero-order valence-corrected chi connectivity index (χ0v) is 16.8. The van der Waals surface area contributed by atoms with Crippen LogP contribution in [-0.2, 0) is 17.1 Å². The molecule has 1 atom stereocenters. The number of likely N-dealkylation sites (N-methyl/N-ethyl adjacent to an activating group) is 1. The third kappa shape index (κ3) is 4.58. The van der Waals surface area contributed by atoms with Crippen LogP contribution in [0.3, 0.4) is 0 Å². The number of hydrogen-bond acceptors (Lipinski definition) is 6. The molecular weight excluding hydrogens is 382 g/mol. The molecule has 1 aliphatic rings. The first kappa shape index (κ1) is 20.5. The maximum atomic E-state index is 12.7. The number of rotatable bonds is 7. The van der Waals surface area contributed by atoms with Crippen molar-refractivity contribution in [2.75, 3.05) is 39.8 Å². The van der Waals surface area contributed by atoms with Crippen molar-refractivity contribution < 1.29 is 13.3 Å². The summed E-state index contributed by atoms with van der Waals surface area (Å²) in [7, 11) is 0.142. The largest absolute Gasteiger partial charge is 0.353 e. The van der Waals surface area contributed by atoms with Crippen molar-refractivity contribution in [3.05, 3.63) is 58.4 Å². The van der Waals surface area contributed by atoms with Crippen LogP contribution in [-0.4, -0.2) is 67.5 Å². The second kappa shape index (κ2) is 8.39. The van der Waals surface area contributed by atoms with E-state index in [1.807, 2.05) is 29.9 Å². The quantitative estimate of drug-likeness (QED) is 0.547. The summed E-state index contributed by atoms with van der Waals surface area (Å²) in [6, 6.07) is 8.90. The summed E-state index contributed by atoms with van der Waals surface area (Å²) >= 11 is 0. The maximum Gasteiger partial charge on any atom is 0.270 e. The minimum Gasteiger partial charge on any atom is -0.353 e. The molecule has 10 heteroatoms. The van der Waals surface area contributed by atoms with Gasteiger partial charge in [0.25, 0.3) is 5.69 Å². The van der Waals surface area contributed by atoms with E-state index in [-0.39, 0.29) is 23.2 Å². The van der Waals surface area contributed by atoms with Crippen molar-refractivity contribution >= 4 is 15.7 Å². The fourth-order valence-electron chi connectivity index (χ4n) is 3.41. The molecule has 3 rings (SSSR count). The van der Waals surface area contributed by atoms with Crippen molar-refractivity contribution in [1.82, 2.24) is 19.1 Å². The first-order valence-corrected chi connectivity index (χ1v) is 10.5. The third-order valence-electron chi connectivity index (χ3n) is 5.11. The summed E-state index contributed by atoms with van der Waals surface area (Å²) in [6.07, 6.45) is 1.94. The van der Waals surface area contributed by atoms with E-state index in [0.717, 1.165) is 37.9 Å². The zero-order valence-electron chi connectivity index (χ0n) is 16.0. The molecule has 0 bridgehead atoms. The second-order valence-corrected chi connectivity index (χ2v) is 8.77. The van der Waals surface area contributed by atoms with Crippen LogP contribution >= 0.6 is 0 Å². The van der Waals surface area contributed by atoms with E-state index in [1.165, 1.54) is 18.2 Å². The van der Waals surface area contributed by atoms with Gasteiger partial charge in [0.15, 0.2) is 0 Å². The molecule has 1 N–H and O–H groups in total. The summed E-state index contributed by atoms with van der Waals surface area (Å²) in [6.45, 7) is 3.69. The molecular formula is C18H25N5O4S. The number of nitro groups is 1. The zero-order chi connectivity index (χ0) is 20.3. The van der Waals surface area contributed by atoms with E-state index >= 15 is 0 Å². The molecule has 2 aromatic rings. The first-order valence-electron chi connectivity index (χ1n) is 9.06. The summed E-state index contributed by atoms with van der Waals surface area (Å²) < 4.78 is 30.1. The monoisotopic (exact) mass is 407 g/mol. The number of nitrogens with zero attached hydrogens (tertiary/aromatic N) is 4. The highest BCUT2D eigenvalue weighted by Crippen LogP contribution is 2.23. The fourth-order valence-corrected chi connectivity index (χ4v) is 4.49. The van der Waals surface area contributed by atoms with Crippen LogP contribution < -0.4 is 4.72 Å². The number of hydrogen-bond donors (Lipinski definition) is 1. The lowest BCUT2D eigenvalue weighted by Crippen LogP contribution is -2.48. The van der Waals surface area contributed by atoms with Crippen molar-refractivity contribution in [3.63, 3.8) is 0 Å². The van der Waals surface area contributed by atoms with Gasteiger partial charge in [0.2, 0.25) is 10.0 Å². The molecule has 0 spiro atoms. The molecule has 1 aromatic heterocycles. The Labute approximate surface area is 164 Å². The number of aromatic nitrogens is 1. The molecule has 1 saturated heterocycles. The van der Waals surface area contributed by atoms with Crippen LogP contribution in [0.15, 0.2) is 47.5 Å². The van der Waals surface area contributed by atoms with Crippen molar-refractivity contribution in [3.8, 4) is 0 Å². The minimum atomic E-state index is -3.87. The van der Waals surface area contributed by atoms with Gasteiger partial charge in [-0.15, -0.1) is 0 Å². The van der Waals surface area contributed by atoms with E-state index in [4.69, 9.17) is 0 Å². The molecule has 0 aliphatic carbocycles. The van der Waals surface area contributed by atoms with E-state index in [9.17, 15) is 18.5 Å². The lowest BCUT2D eigenvalue weighted by molar-refractivity contribution is -0.385. The van der Waals surface area contributed by atoms with E-state index < -0.39 is 14.9 Å². The molecule has 1 aliphatic heterocycles. The number of sulfonamides is 1. The molecule has 9 nitrogen and oxygen atoms in total. The van der Waals surface area contributed by atoms with Gasteiger partial charge in [-0.3, -0.25) is 15.0 Å². The van der Waals surface area contributed by atoms with Gasteiger partial charge in [-0.1, -0.05) is 6.07 Å². The smallest absolute Gasteiger partial charge is 0.270 e. The van der Waals surface area contributed by atoms with Gasteiger partial charge in [0, 0.05) is 63.8 Å². The van der Waals surface area contributed by atoms with Gasteiger partial charge in [0.1, 0.15) is 0 Å². The van der Waals surface area contributed by atoms with E-state index in [1.54, 1.807) is 0 Å². The van der Waals surface area contributed by atoms with Crippen molar-refractivity contribution in [1.29, 1.82) is 0 Å². The molecule has 1 aromatic carbocycles. The van der Waals surface area contributed by atoms with Crippen LogP contribution in [0.1, 0.15) is 11.7 Å². The maximum absolute atomic E-state index is 12.7. The summed E-state index contributed by atoms with van der Waals surface area (Å²) in [4.78, 5) is 14.8. The average Bonchev–Trinajstić information content (AvgIpc) is 3.09. The minimum absolute atomic E-state index is 0.106. The highest BCUT2D eigenvalue weighted by atomic mass is 32.2. The lowest BCUT2D eigenvalue weighted by atomic mass is 10.1. The molecule has 1 fully saturated rings. The van der Waals surface area contributed by atoms with Crippen LogP contribution in [0, 0.1) is 10.1 Å². The highest BCUT2D eigenvalue weighted by molar-refractivity contribution is 7.89. The second-order valence-electron chi connectivity index (χ2n) is 7.01. The van der Waals surface area contributed by atoms with Crippen molar-refractivity contribution in [2.24, 2.45) is 7.05 Å². The number of benzene rings is 1.